The first-order valence-corrected chi connectivity index (χ1v) is 14.5. The maximum Gasteiger partial charge on any atom is 0.329 e. The standard InChI is InChI=1S/C32H31BrFN5O4/c1-4-25-29(23-15-12-21(33)17-24(23)34)36-30(35-25)26(16-19-8-6-5-7-9-19)39-31(41)28(37-32(39)42)20-10-13-22(14-11-20)43-18-27(40)38(2)3/h5-15,17,26,41H,4,16,18H2,1-3H3,(H,35,36)(H,37,42). The molecule has 1 atom stereocenters. The summed E-state index contributed by atoms with van der Waals surface area (Å²) < 4.78 is 22.4. The summed E-state index contributed by atoms with van der Waals surface area (Å²) in [5, 5.41) is 11.4. The van der Waals surface area contributed by atoms with Gasteiger partial charge in [-0.2, -0.15) is 0 Å². The van der Waals surface area contributed by atoms with E-state index >= 15 is 0 Å². The van der Waals surface area contributed by atoms with Crippen LogP contribution in [0.1, 0.15) is 30.0 Å². The third-order valence-electron chi connectivity index (χ3n) is 7.14. The van der Waals surface area contributed by atoms with Gasteiger partial charge in [0.05, 0.1) is 5.69 Å². The number of imidazole rings is 2. The lowest BCUT2D eigenvalue weighted by atomic mass is 10.0. The fourth-order valence-corrected chi connectivity index (χ4v) is 5.15. The number of aromatic nitrogens is 4. The van der Waals surface area contributed by atoms with Gasteiger partial charge < -0.3 is 24.7 Å². The first kappa shape index (κ1) is 29.8. The molecule has 3 aromatic carbocycles. The number of likely N-dealkylation sites (N-methyl/N-ethyl adjacent to an activating group) is 1. The Morgan fingerprint density at radius 1 is 1.09 bits per heavy atom. The summed E-state index contributed by atoms with van der Waals surface area (Å²) in [6.45, 7) is 1.83. The molecule has 0 bridgehead atoms. The number of ether oxygens (including phenoxy) is 1. The second-order valence-corrected chi connectivity index (χ2v) is 11.1. The molecular formula is C32H31BrFN5O4. The molecule has 5 rings (SSSR count). The van der Waals surface area contributed by atoms with Crippen molar-refractivity contribution in [1.29, 1.82) is 0 Å². The molecule has 0 saturated heterocycles. The van der Waals surface area contributed by atoms with Crippen molar-refractivity contribution in [3.05, 3.63) is 111 Å². The number of hydrogen-bond donors (Lipinski definition) is 3. The van der Waals surface area contributed by atoms with Crippen molar-refractivity contribution < 1.29 is 19.0 Å². The minimum atomic E-state index is -0.739. The van der Waals surface area contributed by atoms with Crippen LogP contribution in [0.5, 0.6) is 11.6 Å². The average molecular weight is 649 g/mol. The number of nitrogens with zero attached hydrogens (tertiary/aromatic N) is 3. The lowest BCUT2D eigenvalue weighted by Crippen LogP contribution is -2.27. The Morgan fingerprint density at radius 2 is 1.81 bits per heavy atom. The molecule has 11 heteroatoms. The Labute approximate surface area is 256 Å². The highest BCUT2D eigenvalue weighted by Crippen LogP contribution is 2.34. The number of carbonyl (C=O) groups is 1. The molecule has 2 heterocycles. The SMILES string of the molecule is CCc1[nH]c(C(Cc2ccccc2)n2c(O)c(-c3ccc(OCC(=O)N(C)C)cc3)[nH]c2=O)nc1-c1ccc(Br)cc1F. The number of H-pyrrole nitrogens is 2. The van der Waals surface area contributed by atoms with Crippen molar-refractivity contribution in [2.24, 2.45) is 0 Å². The monoisotopic (exact) mass is 647 g/mol. The predicted octanol–water partition coefficient (Wildman–Crippen LogP) is 5.70. The van der Waals surface area contributed by atoms with Crippen molar-refractivity contribution >= 4 is 21.8 Å². The molecule has 5 aromatic rings. The zero-order chi connectivity index (χ0) is 30.7. The molecule has 0 aliphatic carbocycles. The number of rotatable bonds is 10. The van der Waals surface area contributed by atoms with Crippen LogP contribution in [-0.4, -0.2) is 56.1 Å². The zero-order valence-corrected chi connectivity index (χ0v) is 25.5. The number of aryl methyl sites for hydroxylation is 1. The molecule has 0 radical (unpaired) electrons. The quantitative estimate of drug-likeness (QED) is 0.180. The molecule has 0 fully saturated rings. The summed E-state index contributed by atoms with van der Waals surface area (Å²) in [4.78, 5) is 37.6. The van der Waals surface area contributed by atoms with Gasteiger partial charge in [0.15, 0.2) is 6.61 Å². The molecule has 0 spiro atoms. The Bertz CT molecular complexity index is 1800. The summed E-state index contributed by atoms with van der Waals surface area (Å²) in [5.74, 6) is 0.00741. The van der Waals surface area contributed by atoms with E-state index in [4.69, 9.17) is 9.72 Å². The minimum Gasteiger partial charge on any atom is -0.493 e. The number of aromatic amines is 2. The zero-order valence-electron chi connectivity index (χ0n) is 23.9. The van der Waals surface area contributed by atoms with E-state index in [0.717, 1.165) is 5.56 Å². The van der Waals surface area contributed by atoms with E-state index in [-0.39, 0.29) is 24.1 Å². The summed E-state index contributed by atoms with van der Waals surface area (Å²) in [6, 6.07) is 20.3. The van der Waals surface area contributed by atoms with Gasteiger partial charge in [0.2, 0.25) is 5.88 Å². The smallest absolute Gasteiger partial charge is 0.329 e. The number of hydrogen-bond acceptors (Lipinski definition) is 5. The molecule has 0 saturated carbocycles. The van der Waals surface area contributed by atoms with E-state index in [1.807, 2.05) is 37.3 Å². The number of aromatic hydroxyl groups is 1. The Kier molecular flexibility index (Phi) is 8.81. The van der Waals surface area contributed by atoms with Crippen molar-refractivity contribution in [1.82, 2.24) is 24.4 Å². The number of halogens is 2. The molecule has 0 aliphatic heterocycles. The van der Waals surface area contributed by atoms with E-state index in [9.17, 15) is 19.1 Å². The van der Waals surface area contributed by atoms with Crippen molar-refractivity contribution in [3.8, 4) is 34.1 Å². The maximum absolute atomic E-state index is 15.0. The van der Waals surface area contributed by atoms with E-state index in [2.05, 4.69) is 25.9 Å². The number of benzene rings is 3. The van der Waals surface area contributed by atoms with Crippen LogP contribution in [0.3, 0.4) is 0 Å². The lowest BCUT2D eigenvalue weighted by molar-refractivity contribution is -0.130. The Morgan fingerprint density at radius 3 is 2.47 bits per heavy atom. The van der Waals surface area contributed by atoms with Crippen molar-refractivity contribution in [2.75, 3.05) is 20.7 Å². The van der Waals surface area contributed by atoms with Gasteiger partial charge in [-0.3, -0.25) is 9.36 Å². The topological polar surface area (TPSA) is 116 Å². The Balaban J connectivity index is 1.55. The lowest BCUT2D eigenvalue weighted by Gasteiger charge is -2.17. The minimum absolute atomic E-state index is 0.110. The molecule has 1 amide bonds. The van der Waals surface area contributed by atoms with Crippen LogP contribution in [0.4, 0.5) is 4.39 Å². The van der Waals surface area contributed by atoms with Crippen LogP contribution < -0.4 is 10.4 Å². The Hall–Kier alpha value is -4.64. The van der Waals surface area contributed by atoms with Crippen LogP contribution in [-0.2, 0) is 17.6 Å². The molecule has 1 unspecified atom stereocenters. The van der Waals surface area contributed by atoms with Crippen molar-refractivity contribution in [3.63, 3.8) is 0 Å². The fraction of sp³-hybridized carbons (Fsp3) is 0.219. The van der Waals surface area contributed by atoms with Gasteiger partial charge in [0, 0.05) is 41.8 Å². The van der Waals surface area contributed by atoms with Gasteiger partial charge in [-0.1, -0.05) is 53.2 Å². The number of amides is 1. The van der Waals surface area contributed by atoms with Crippen LogP contribution >= 0.6 is 15.9 Å². The van der Waals surface area contributed by atoms with E-state index < -0.39 is 17.5 Å². The first-order valence-electron chi connectivity index (χ1n) is 13.7. The summed E-state index contributed by atoms with van der Waals surface area (Å²) in [7, 11) is 3.30. The van der Waals surface area contributed by atoms with Gasteiger partial charge in [-0.05, 0) is 54.4 Å². The predicted molar refractivity (Wildman–Crippen MR) is 166 cm³/mol. The molecule has 0 aliphatic rings. The third kappa shape index (κ3) is 6.41. The van der Waals surface area contributed by atoms with Crippen LogP contribution in [0.15, 0.2) is 82.1 Å². The number of nitrogens with one attached hydrogen (secondary N) is 2. The molecule has 2 aromatic heterocycles. The first-order chi connectivity index (χ1) is 20.7. The second-order valence-electron chi connectivity index (χ2n) is 10.2. The van der Waals surface area contributed by atoms with Crippen molar-refractivity contribution in [2.45, 2.75) is 25.8 Å². The molecule has 3 N–H and O–H groups in total. The molecule has 222 valence electrons. The van der Waals surface area contributed by atoms with Gasteiger partial charge >= 0.3 is 5.69 Å². The molecule has 43 heavy (non-hydrogen) atoms. The fourth-order valence-electron chi connectivity index (χ4n) is 4.82. The van der Waals surface area contributed by atoms with Gasteiger partial charge in [0.25, 0.3) is 5.91 Å². The normalized spacial score (nSPS) is 11.8. The molecular weight excluding hydrogens is 617 g/mol. The highest BCUT2D eigenvalue weighted by molar-refractivity contribution is 9.10. The van der Waals surface area contributed by atoms with Crippen LogP contribution in [0.2, 0.25) is 0 Å². The summed E-state index contributed by atoms with van der Waals surface area (Å²) in [6.07, 6.45) is 0.876. The van der Waals surface area contributed by atoms with E-state index in [1.165, 1.54) is 15.5 Å². The highest BCUT2D eigenvalue weighted by Gasteiger charge is 2.28. The second kappa shape index (κ2) is 12.7. The van der Waals surface area contributed by atoms with E-state index in [0.29, 0.717) is 51.4 Å². The van der Waals surface area contributed by atoms with Gasteiger partial charge in [-0.25, -0.2) is 14.2 Å². The largest absolute Gasteiger partial charge is 0.493 e. The number of carbonyl (C=O) groups excluding carboxylic acids is 1. The highest BCUT2D eigenvalue weighted by atomic mass is 79.9. The van der Waals surface area contributed by atoms with E-state index in [1.54, 1.807) is 50.5 Å². The summed E-state index contributed by atoms with van der Waals surface area (Å²) in [5.41, 5.74) is 2.65. The van der Waals surface area contributed by atoms with Crippen LogP contribution in [0, 0.1) is 5.82 Å². The molecule has 9 nitrogen and oxygen atoms in total. The third-order valence-corrected chi connectivity index (χ3v) is 7.64. The maximum atomic E-state index is 15.0. The van der Waals surface area contributed by atoms with Crippen LogP contribution in [0.25, 0.3) is 22.5 Å². The average Bonchev–Trinajstić information content (AvgIpc) is 3.55. The van der Waals surface area contributed by atoms with Gasteiger partial charge in [0.1, 0.15) is 29.1 Å². The van der Waals surface area contributed by atoms with Gasteiger partial charge in [-0.15, -0.1) is 0 Å². The summed E-state index contributed by atoms with van der Waals surface area (Å²) >= 11 is 3.30.